The van der Waals surface area contributed by atoms with Gasteiger partial charge in [0.1, 0.15) is 4.88 Å². The van der Waals surface area contributed by atoms with Gasteiger partial charge in [-0.25, -0.2) is 0 Å². The van der Waals surface area contributed by atoms with Gasteiger partial charge in [0.2, 0.25) is 0 Å². The molecule has 0 bridgehead atoms. The molecule has 1 aromatic rings. The fraction of sp³-hybridized carbons (Fsp3) is 0.400. The molecule has 54 valence electrons. The molecule has 0 unspecified atom stereocenters. The van der Waals surface area contributed by atoms with Crippen LogP contribution in [0.1, 0.15) is 16.6 Å². The van der Waals surface area contributed by atoms with Crippen LogP contribution >= 0.6 is 11.5 Å². The molecule has 0 aliphatic carbocycles. The quantitative estimate of drug-likeness (QED) is 0.671. The van der Waals surface area contributed by atoms with Crippen molar-refractivity contribution in [1.82, 2.24) is 14.9 Å². The van der Waals surface area contributed by atoms with Crippen molar-refractivity contribution in [3.63, 3.8) is 0 Å². The van der Waals surface area contributed by atoms with Crippen LogP contribution < -0.4 is 5.32 Å². The molecule has 10 heavy (non-hydrogen) atoms. The van der Waals surface area contributed by atoms with E-state index in [2.05, 4.69) is 14.9 Å². The number of nitrogens with zero attached hydrogens (tertiary/aromatic N) is 2. The molecule has 0 aromatic carbocycles. The number of rotatable bonds is 2. The minimum absolute atomic E-state index is 0.0995. The van der Waals surface area contributed by atoms with E-state index in [0.717, 1.165) is 11.5 Å². The van der Waals surface area contributed by atoms with Gasteiger partial charge >= 0.3 is 0 Å². The van der Waals surface area contributed by atoms with Gasteiger partial charge in [-0.2, -0.15) is 0 Å². The number of hydrogen-bond acceptors (Lipinski definition) is 4. The van der Waals surface area contributed by atoms with Crippen molar-refractivity contribution in [3.05, 3.63) is 11.1 Å². The lowest BCUT2D eigenvalue weighted by Crippen LogP contribution is -2.21. The Morgan fingerprint density at radius 1 is 1.90 bits per heavy atom. The number of aromatic nitrogens is 2. The van der Waals surface area contributed by atoms with Gasteiger partial charge in [-0.1, -0.05) is 4.49 Å². The summed E-state index contributed by atoms with van der Waals surface area (Å²) in [7, 11) is 0. The summed E-state index contributed by atoms with van der Waals surface area (Å²) in [5.41, 5.74) is 0. The van der Waals surface area contributed by atoms with Crippen molar-refractivity contribution in [2.24, 2.45) is 0 Å². The first-order valence-electron chi connectivity index (χ1n) is 2.90. The molecular formula is C5H7N3OS. The van der Waals surface area contributed by atoms with Crippen LogP contribution in [0.4, 0.5) is 0 Å². The molecule has 5 heteroatoms. The second-order valence-corrected chi connectivity index (χ2v) is 2.43. The molecule has 1 rings (SSSR count). The lowest BCUT2D eigenvalue weighted by Gasteiger charge is -1.94. The molecule has 4 nitrogen and oxygen atoms in total. The maximum atomic E-state index is 10.9. The lowest BCUT2D eigenvalue weighted by molar-refractivity contribution is 0.0959. The Bertz CT molecular complexity index is 209. The van der Waals surface area contributed by atoms with Crippen LogP contribution in [0, 0.1) is 0 Å². The summed E-state index contributed by atoms with van der Waals surface area (Å²) >= 11 is 1.10. The molecule has 0 spiro atoms. The second kappa shape index (κ2) is 3.26. The topological polar surface area (TPSA) is 54.9 Å². The smallest absolute Gasteiger partial charge is 0.264 e. The number of hydrogen-bond donors (Lipinski definition) is 1. The molecule has 0 aliphatic heterocycles. The van der Waals surface area contributed by atoms with Crippen LogP contribution in [0.15, 0.2) is 6.20 Å². The monoisotopic (exact) mass is 157 g/mol. The predicted molar refractivity (Wildman–Crippen MR) is 37.9 cm³/mol. The summed E-state index contributed by atoms with van der Waals surface area (Å²) in [5.74, 6) is -0.0995. The van der Waals surface area contributed by atoms with Crippen molar-refractivity contribution in [3.8, 4) is 0 Å². The molecular weight excluding hydrogens is 150 g/mol. The summed E-state index contributed by atoms with van der Waals surface area (Å²) in [6, 6.07) is 0. The molecule has 0 atom stereocenters. The number of nitrogens with one attached hydrogen (secondary N) is 1. The fourth-order valence-corrected chi connectivity index (χ4v) is 0.946. The van der Waals surface area contributed by atoms with Crippen LogP contribution in [0.25, 0.3) is 0 Å². The third kappa shape index (κ3) is 1.51. The standard InChI is InChI=1S/C5H7N3OS/c1-2-6-5(9)4-3-7-8-10-4/h3H,2H2,1H3,(H,6,9). The third-order valence-corrected chi connectivity index (χ3v) is 1.59. The van der Waals surface area contributed by atoms with Crippen LogP contribution in [-0.4, -0.2) is 22.0 Å². The van der Waals surface area contributed by atoms with E-state index in [1.54, 1.807) is 0 Å². The van der Waals surface area contributed by atoms with Gasteiger partial charge in [-0.3, -0.25) is 4.79 Å². The van der Waals surface area contributed by atoms with Crippen LogP contribution in [0.3, 0.4) is 0 Å². The average Bonchev–Trinajstić information content (AvgIpc) is 2.38. The van der Waals surface area contributed by atoms with Gasteiger partial charge in [-0.05, 0) is 18.5 Å². The van der Waals surface area contributed by atoms with Gasteiger partial charge in [-0.15, -0.1) is 5.10 Å². The maximum Gasteiger partial charge on any atom is 0.264 e. The Hall–Kier alpha value is -0.970. The zero-order valence-electron chi connectivity index (χ0n) is 5.50. The number of carbonyl (C=O) groups is 1. The van der Waals surface area contributed by atoms with Gasteiger partial charge in [0.25, 0.3) is 5.91 Å². The first-order chi connectivity index (χ1) is 4.84. The highest BCUT2D eigenvalue weighted by molar-refractivity contribution is 7.07. The highest BCUT2D eigenvalue weighted by Crippen LogP contribution is 1.99. The zero-order chi connectivity index (χ0) is 7.40. The molecule has 1 amide bonds. The Morgan fingerprint density at radius 3 is 3.20 bits per heavy atom. The van der Waals surface area contributed by atoms with Crippen molar-refractivity contribution >= 4 is 17.4 Å². The van der Waals surface area contributed by atoms with E-state index in [1.807, 2.05) is 6.92 Å². The van der Waals surface area contributed by atoms with Gasteiger partial charge in [0, 0.05) is 6.54 Å². The minimum Gasteiger partial charge on any atom is -0.352 e. The minimum atomic E-state index is -0.0995. The largest absolute Gasteiger partial charge is 0.352 e. The third-order valence-electron chi connectivity index (χ3n) is 0.922. The van der Waals surface area contributed by atoms with E-state index < -0.39 is 0 Å². The molecule has 0 saturated carbocycles. The van der Waals surface area contributed by atoms with Crippen molar-refractivity contribution in [2.45, 2.75) is 6.92 Å². The Morgan fingerprint density at radius 2 is 2.70 bits per heavy atom. The van der Waals surface area contributed by atoms with Crippen molar-refractivity contribution < 1.29 is 4.79 Å². The Labute approximate surface area is 62.4 Å². The van der Waals surface area contributed by atoms with E-state index in [9.17, 15) is 4.79 Å². The number of amides is 1. The molecule has 0 radical (unpaired) electrons. The van der Waals surface area contributed by atoms with Crippen molar-refractivity contribution in [1.29, 1.82) is 0 Å². The summed E-state index contributed by atoms with van der Waals surface area (Å²) in [5, 5.41) is 6.17. The molecule has 1 heterocycles. The Kier molecular flexibility index (Phi) is 2.33. The highest BCUT2D eigenvalue weighted by atomic mass is 32.1. The van der Waals surface area contributed by atoms with Gasteiger partial charge < -0.3 is 5.32 Å². The molecule has 0 aliphatic rings. The van der Waals surface area contributed by atoms with E-state index >= 15 is 0 Å². The number of carbonyl (C=O) groups excluding carboxylic acids is 1. The molecule has 0 saturated heterocycles. The van der Waals surface area contributed by atoms with Gasteiger partial charge in [0.05, 0.1) is 6.20 Å². The molecule has 0 fully saturated rings. The summed E-state index contributed by atoms with van der Waals surface area (Å²) < 4.78 is 3.56. The zero-order valence-corrected chi connectivity index (χ0v) is 6.31. The summed E-state index contributed by atoms with van der Waals surface area (Å²) in [6.45, 7) is 2.50. The maximum absolute atomic E-state index is 10.9. The SMILES string of the molecule is CCNC(=O)c1cnns1. The summed E-state index contributed by atoms with van der Waals surface area (Å²) in [6.07, 6.45) is 1.45. The van der Waals surface area contributed by atoms with Crippen LogP contribution in [0.2, 0.25) is 0 Å². The predicted octanol–water partition coefficient (Wildman–Crippen LogP) is 0.288. The van der Waals surface area contributed by atoms with Crippen LogP contribution in [0.5, 0.6) is 0 Å². The van der Waals surface area contributed by atoms with Gasteiger partial charge in [0.15, 0.2) is 0 Å². The van der Waals surface area contributed by atoms with Crippen LogP contribution in [-0.2, 0) is 0 Å². The summed E-state index contributed by atoms with van der Waals surface area (Å²) in [4.78, 5) is 11.5. The van der Waals surface area contributed by atoms with E-state index in [4.69, 9.17) is 0 Å². The normalized spacial score (nSPS) is 9.30. The van der Waals surface area contributed by atoms with E-state index in [0.29, 0.717) is 11.4 Å². The van der Waals surface area contributed by atoms with E-state index in [-0.39, 0.29) is 5.91 Å². The first-order valence-corrected chi connectivity index (χ1v) is 3.67. The first kappa shape index (κ1) is 7.14. The average molecular weight is 157 g/mol. The Balaban J connectivity index is 2.59. The molecule has 1 aromatic heterocycles. The lowest BCUT2D eigenvalue weighted by atomic mass is 10.5. The molecule has 1 N–H and O–H groups in total. The fourth-order valence-electron chi connectivity index (χ4n) is 0.515. The highest BCUT2D eigenvalue weighted by Gasteiger charge is 2.04. The van der Waals surface area contributed by atoms with E-state index in [1.165, 1.54) is 6.20 Å². The van der Waals surface area contributed by atoms with Crippen molar-refractivity contribution in [2.75, 3.05) is 6.54 Å². The second-order valence-electron chi connectivity index (χ2n) is 1.64.